The van der Waals surface area contributed by atoms with E-state index in [0.717, 1.165) is 28.9 Å². The van der Waals surface area contributed by atoms with Gasteiger partial charge in [-0.1, -0.05) is 43.3 Å². The number of aromatic nitrogens is 1. The van der Waals surface area contributed by atoms with Crippen LogP contribution in [0.25, 0.3) is 0 Å². The van der Waals surface area contributed by atoms with Crippen molar-refractivity contribution in [1.82, 2.24) is 15.2 Å². The molecule has 36 heavy (non-hydrogen) atoms. The zero-order valence-corrected chi connectivity index (χ0v) is 22.3. The highest BCUT2D eigenvalue weighted by Crippen LogP contribution is 2.33. The topological polar surface area (TPSA) is 88.6 Å². The molecule has 1 N–H and O–H groups in total. The van der Waals surface area contributed by atoms with E-state index in [9.17, 15) is 14.4 Å². The monoisotopic (exact) mass is 493 g/mol. The van der Waals surface area contributed by atoms with Crippen LogP contribution in [-0.2, 0) is 27.2 Å². The van der Waals surface area contributed by atoms with E-state index < -0.39 is 23.8 Å². The number of Topliss-reactive ketones (excluding diaryl/α,β-unsaturated/α-hetero) is 1. The van der Waals surface area contributed by atoms with E-state index in [-0.39, 0.29) is 17.6 Å². The number of ketones is 1. The standard InChI is InChI=1S/C29H39N3O4/c1-7-24-22(14-13-19(2)30-24)15-16-26(33)20(3)31-27(34)25-17-23(21-11-9-8-10-12-21)18-32(25)28(35)36-29(4,5)6/h8-14,20,23,25H,7,15-18H2,1-6H3,(H,31,34)/t20-,23-,25+/m0/s1. The Kier molecular flexibility index (Phi) is 8.88. The lowest BCUT2D eigenvalue weighted by molar-refractivity contribution is -0.130. The van der Waals surface area contributed by atoms with E-state index in [1.807, 2.05) is 49.4 Å². The van der Waals surface area contributed by atoms with Crippen LogP contribution < -0.4 is 5.32 Å². The number of aryl methyl sites for hydroxylation is 3. The van der Waals surface area contributed by atoms with Crippen LogP contribution in [0.4, 0.5) is 4.79 Å². The average molecular weight is 494 g/mol. The summed E-state index contributed by atoms with van der Waals surface area (Å²) in [6.07, 6.45) is 1.66. The number of pyridine rings is 1. The Morgan fingerprint density at radius 3 is 2.47 bits per heavy atom. The Morgan fingerprint density at radius 2 is 1.83 bits per heavy atom. The number of likely N-dealkylation sites (tertiary alicyclic amines) is 1. The van der Waals surface area contributed by atoms with Gasteiger partial charge in [-0.15, -0.1) is 0 Å². The van der Waals surface area contributed by atoms with Crippen molar-refractivity contribution in [3.05, 3.63) is 65.0 Å². The fourth-order valence-corrected chi connectivity index (χ4v) is 4.61. The molecule has 0 aliphatic carbocycles. The van der Waals surface area contributed by atoms with Crippen molar-refractivity contribution in [2.24, 2.45) is 0 Å². The summed E-state index contributed by atoms with van der Waals surface area (Å²) in [7, 11) is 0. The predicted molar refractivity (Wildman–Crippen MR) is 140 cm³/mol. The van der Waals surface area contributed by atoms with Gasteiger partial charge in [0.2, 0.25) is 5.91 Å². The number of amides is 2. The molecule has 7 nitrogen and oxygen atoms in total. The molecule has 1 aromatic heterocycles. The van der Waals surface area contributed by atoms with E-state index in [4.69, 9.17) is 4.74 Å². The zero-order chi connectivity index (χ0) is 26.5. The number of hydrogen-bond donors (Lipinski definition) is 1. The number of carbonyl (C=O) groups is 3. The normalized spacial score (nSPS) is 18.6. The maximum Gasteiger partial charge on any atom is 0.410 e. The molecule has 1 aromatic carbocycles. The van der Waals surface area contributed by atoms with E-state index in [1.54, 1.807) is 27.7 Å². The molecule has 0 radical (unpaired) electrons. The van der Waals surface area contributed by atoms with Crippen LogP contribution in [0, 0.1) is 6.92 Å². The molecule has 2 heterocycles. The van der Waals surface area contributed by atoms with Crippen LogP contribution in [-0.4, -0.2) is 51.9 Å². The van der Waals surface area contributed by atoms with Crippen LogP contribution in [0.15, 0.2) is 42.5 Å². The predicted octanol–water partition coefficient (Wildman–Crippen LogP) is 4.75. The third kappa shape index (κ3) is 7.15. The van der Waals surface area contributed by atoms with Crippen molar-refractivity contribution < 1.29 is 19.1 Å². The maximum absolute atomic E-state index is 13.3. The summed E-state index contributed by atoms with van der Waals surface area (Å²) in [5.74, 6) is -0.360. The van der Waals surface area contributed by atoms with Crippen LogP contribution >= 0.6 is 0 Å². The number of carbonyl (C=O) groups excluding carboxylic acids is 3. The van der Waals surface area contributed by atoms with Gasteiger partial charge in [0.15, 0.2) is 5.78 Å². The van der Waals surface area contributed by atoms with Crippen molar-refractivity contribution in [3.63, 3.8) is 0 Å². The van der Waals surface area contributed by atoms with Gasteiger partial charge < -0.3 is 10.1 Å². The Balaban J connectivity index is 1.67. The molecule has 3 atom stereocenters. The molecule has 0 spiro atoms. The highest BCUT2D eigenvalue weighted by molar-refractivity contribution is 5.92. The van der Waals surface area contributed by atoms with Gasteiger partial charge in [-0.25, -0.2) is 4.79 Å². The van der Waals surface area contributed by atoms with Crippen LogP contribution in [0.3, 0.4) is 0 Å². The fourth-order valence-electron chi connectivity index (χ4n) is 4.61. The van der Waals surface area contributed by atoms with Crippen molar-refractivity contribution in [2.75, 3.05) is 6.54 Å². The van der Waals surface area contributed by atoms with Crippen LogP contribution in [0.5, 0.6) is 0 Å². The van der Waals surface area contributed by atoms with Crippen LogP contribution in [0.2, 0.25) is 0 Å². The summed E-state index contributed by atoms with van der Waals surface area (Å²) in [4.78, 5) is 45.2. The summed E-state index contributed by atoms with van der Waals surface area (Å²) in [5.41, 5.74) is 3.43. The molecular weight excluding hydrogens is 454 g/mol. The zero-order valence-electron chi connectivity index (χ0n) is 22.3. The second-order valence-corrected chi connectivity index (χ2v) is 10.6. The van der Waals surface area contributed by atoms with Gasteiger partial charge in [-0.05, 0) is 71.1 Å². The van der Waals surface area contributed by atoms with Crippen molar-refractivity contribution in [3.8, 4) is 0 Å². The third-order valence-corrected chi connectivity index (χ3v) is 6.53. The molecule has 2 aromatic rings. The second kappa shape index (κ2) is 11.7. The molecule has 0 bridgehead atoms. The minimum Gasteiger partial charge on any atom is -0.444 e. The average Bonchev–Trinajstić information content (AvgIpc) is 3.28. The smallest absolute Gasteiger partial charge is 0.410 e. The lowest BCUT2D eigenvalue weighted by Gasteiger charge is -2.28. The quantitative estimate of drug-likeness (QED) is 0.573. The molecule has 0 unspecified atom stereocenters. The first kappa shape index (κ1) is 27.4. The van der Waals surface area contributed by atoms with E-state index >= 15 is 0 Å². The SMILES string of the molecule is CCc1nc(C)ccc1CCC(=O)[C@H](C)NC(=O)[C@H]1C[C@H](c2ccccc2)CN1C(=O)OC(C)(C)C. The largest absolute Gasteiger partial charge is 0.444 e. The van der Waals surface area contributed by atoms with Gasteiger partial charge in [0.05, 0.1) is 6.04 Å². The number of benzene rings is 1. The molecule has 1 aliphatic heterocycles. The summed E-state index contributed by atoms with van der Waals surface area (Å²) < 4.78 is 5.59. The lowest BCUT2D eigenvalue weighted by atomic mass is 9.96. The van der Waals surface area contributed by atoms with Crippen molar-refractivity contribution in [1.29, 1.82) is 0 Å². The van der Waals surface area contributed by atoms with Crippen molar-refractivity contribution >= 4 is 17.8 Å². The molecule has 194 valence electrons. The van der Waals surface area contributed by atoms with Gasteiger partial charge in [0, 0.05) is 30.3 Å². The minimum absolute atomic E-state index is 0.0157. The molecule has 1 aliphatic rings. The van der Waals surface area contributed by atoms with Gasteiger partial charge in [0.25, 0.3) is 0 Å². The molecular formula is C29H39N3O4. The summed E-state index contributed by atoms with van der Waals surface area (Å²) in [6, 6.07) is 12.5. The van der Waals surface area contributed by atoms with E-state index in [0.29, 0.717) is 25.8 Å². The van der Waals surface area contributed by atoms with Crippen LogP contribution in [0.1, 0.15) is 75.9 Å². The molecule has 3 rings (SSSR count). The first-order valence-corrected chi connectivity index (χ1v) is 12.8. The third-order valence-electron chi connectivity index (χ3n) is 6.53. The number of nitrogens with one attached hydrogen (secondary N) is 1. The first-order chi connectivity index (χ1) is 17.0. The number of rotatable bonds is 8. The van der Waals surface area contributed by atoms with Gasteiger partial charge in [-0.2, -0.15) is 0 Å². The molecule has 1 fully saturated rings. The Bertz CT molecular complexity index is 1080. The molecule has 2 amide bonds. The van der Waals surface area contributed by atoms with Gasteiger partial charge >= 0.3 is 6.09 Å². The number of hydrogen-bond acceptors (Lipinski definition) is 5. The fraction of sp³-hybridized carbons (Fsp3) is 0.517. The van der Waals surface area contributed by atoms with E-state index in [1.165, 1.54) is 4.90 Å². The first-order valence-electron chi connectivity index (χ1n) is 12.8. The van der Waals surface area contributed by atoms with Gasteiger partial charge in [-0.3, -0.25) is 19.5 Å². The maximum atomic E-state index is 13.3. The minimum atomic E-state index is -0.701. The van der Waals surface area contributed by atoms with Crippen molar-refractivity contribution in [2.45, 2.75) is 90.8 Å². The Hall–Kier alpha value is -3.22. The number of ether oxygens (including phenoxy) is 1. The molecule has 0 saturated carbocycles. The van der Waals surface area contributed by atoms with Gasteiger partial charge in [0.1, 0.15) is 11.6 Å². The second-order valence-electron chi connectivity index (χ2n) is 10.6. The Labute approximate surface area is 214 Å². The summed E-state index contributed by atoms with van der Waals surface area (Å²) in [6.45, 7) is 11.5. The summed E-state index contributed by atoms with van der Waals surface area (Å²) >= 11 is 0. The highest BCUT2D eigenvalue weighted by Gasteiger charge is 2.42. The van der Waals surface area contributed by atoms with E-state index in [2.05, 4.69) is 17.2 Å². The Morgan fingerprint density at radius 1 is 1.14 bits per heavy atom. The molecule has 1 saturated heterocycles. The highest BCUT2D eigenvalue weighted by atomic mass is 16.6. The summed E-state index contributed by atoms with van der Waals surface area (Å²) in [5, 5.41) is 2.86. The lowest BCUT2D eigenvalue weighted by Crippen LogP contribution is -2.50. The molecule has 7 heteroatoms. The number of nitrogens with zero attached hydrogens (tertiary/aromatic N) is 2.